The van der Waals surface area contributed by atoms with Crippen LogP contribution in [0, 0.1) is 26.6 Å². The van der Waals surface area contributed by atoms with Gasteiger partial charge in [0.15, 0.2) is 0 Å². The minimum Gasteiger partial charge on any atom is -0.333 e. The Bertz CT molecular complexity index is 1380. The molecule has 1 amide bonds. The summed E-state index contributed by atoms with van der Waals surface area (Å²) in [5, 5.41) is 0.481. The highest BCUT2D eigenvalue weighted by molar-refractivity contribution is 7.89. The first-order chi connectivity index (χ1) is 18.0. The van der Waals surface area contributed by atoms with Crippen molar-refractivity contribution in [3.8, 4) is 0 Å². The van der Waals surface area contributed by atoms with Crippen molar-refractivity contribution in [3.63, 3.8) is 0 Å². The molecule has 0 spiro atoms. The number of carbonyl (C=O) groups excluding carboxylic acids is 1. The van der Waals surface area contributed by atoms with Crippen LogP contribution in [0.1, 0.15) is 32.6 Å². The third kappa shape index (κ3) is 6.61. The van der Waals surface area contributed by atoms with E-state index < -0.39 is 10.0 Å². The van der Waals surface area contributed by atoms with Gasteiger partial charge in [-0.15, -0.1) is 0 Å². The van der Waals surface area contributed by atoms with Gasteiger partial charge >= 0.3 is 0 Å². The van der Waals surface area contributed by atoms with E-state index in [1.807, 2.05) is 32.9 Å². The van der Waals surface area contributed by atoms with Gasteiger partial charge in [-0.1, -0.05) is 47.5 Å². The minimum atomic E-state index is -3.59. The average Bonchev–Trinajstić information content (AvgIpc) is 2.86. The molecule has 6 nitrogen and oxygen atoms in total. The SMILES string of the molecule is Cc1cc(C)c(S(=O)(=O)N2CCN(CCN(Cc3ccc(F)cc3)C(=O)c3cccc(Cl)c3)CC2)c(C)c1. The number of sulfonamides is 1. The second-order valence-electron chi connectivity index (χ2n) is 9.84. The predicted octanol–water partition coefficient (Wildman–Crippen LogP) is 5.05. The summed E-state index contributed by atoms with van der Waals surface area (Å²) in [6.07, 6.45) is 0. The van der Waals surface area contributed by atoms with Gasteiger partial charge in [-0.2, -0.15) is 4.31 Å². The Morgan fingerprint density at radius 3 is 2.18 bits per heavy atom. The van der Waals surface area contributed by atoms with E-state index in [0.29, 0.717) is 61.3 Å². The van der Waals surface area contributed by atoms with Crippen LogP contribution < -0.4 is 0 Å². The van der Waals surface area contributed by atoms with Crippen molar-refractivity contribution in [2.24, 2.45) is 0 Å². The molecule has 0 aromatic heterocycles. The maximum atomic E-state index is 13.4. The molecule has 0 N–H and O–H groups in total. The third-order valence-electron chi connectivity index (χ3n) is 6.87. The van der Waals surface area contributed by atoms with Crippen LogP contribution in [-0.4, -0.2) is 67.7 Å². The van der Waals surface area contributed by atoms with Crippen LogP contribution in [0.25, 0.3) is 0 Å². The van der Waals surface area contributed by atoms with E-state index in [1.165, 1.54) is 12.1 Å². The summed E-state index contributed by atoms with van der Waals surface area (Å²) in [5.41, 5.74) is 3.88. The van der Waals surface area contributed by atoms with Gasteiger partial charge in [0.2, 0.25) is 10.0 Å². The van der Waals surface area contributed by atoms with Gasteiger partial charge in [-0.3, -0.25) is 9.69 Å². The fourth-order valence-electron chi connectivity index (χ4n) is 5.03. The van der Waals surface area contributed by atoms with Crippen LogP contribution in [0.4, 0.5) is 4.39 Å². The smallest absolute Gasteiger partial charge is 0.254 e. The zero-order chi connectivity index (χ0) is 27.4. The van der Waals surface area contributed by atoms with E-state index in [4.69, 9.17) is 11.6 Å². The number of rotatable bonds is 8. The fourth-order valence-corrected chi connectivity index (χ4v) is 7.05. The molecule has 9 heteroatoms. The lowest BCUT2D eigenvalue weighted by atomic mass is 10.1. The van der Waals surface area contributed by atoms with Crippen LogP contribution in [0.3, 0.4) is 0 Å². The van der Waals surface area contributed by atoms with Gasteiger partial charge < -0.3 is 4.90 Å². The van der Waals surface area contributed by atoms with E-state index >= 15 is 0 Å². The Morgan fingerprint density at radius 1 is 0.947 bits per heavy atom. The van der Waals surface area contributed by atoms with E-state index in [0.717, 1.165) is 22.3 Å². The highest BCUT2D eigenvalue weighted by Gasteiger charge is 2.31. The number of hydrogen-bond acceptors (Lipinski definition) is 4. The Morgan fingerprint density at radius 2 is 1.58 bits per heavy atom. The Labute approximate surface area is 229 Å². The zero-order valence-electron chi connectivity index (χ0n) is 22.0. The molecule has 202 valence electrons. The zero-order valence-corrected chi connectivity index (χ0v) is 23.5. The van der Waals surface area contributed by atoms with Gasteiger partial charge in [-0.25, -0.2) is 12.8 Å². The summed E-state index contributed by atoms with van der Waals surface area (Å²) in [4.78, 5) is 17.6. The molecular weight excluding hydrogens is 525 g/mol. The summed E-state index contributed by atoms with van der Waals surface area (Å²) in [5.74, 6) is -0.492. The molecule has 3 aromatic carbocycles. The average molecular weight is 558 g/mol. The van der Waals surface area contributed by atoms with Gasteiger partial charge in [-0.05, 0) is 67.8 Å². The molecule has 4 rings (SSSR count). The molecule has 3 aromatic rings. The first kappa shape index (κ1) is 28.2. The highest BCUT2D eigenvalue weighted by atomic mass is 35.5. The number of piperazine rings is 1. The molecule has 0 aliphatic carbocycles. The van der Waals surface area contributed by atoms with Crippen LogP contribution in [0.2, 0.25) is 5.02 Å². The second kappa shape index (κ2) is 11.9. The molecule has 0 unspecified atom stereocenters. The normalized spacial score (nSPS) is 15.0. The number of amides is 1. The summed E-state index contributed by atoms with van der Waals surface area (Å²) in [6, 6.07) is 16.7. The molecule has 0 saturated carbocycles. The Hall–Kier alpha value is -2.78. The molecule has 0 atom stereocenters. The van der Waals surface area contributed by atoms with Crippen molar-refractivity contribution in [3.05, 3.63) is 99.3 Å². The number of aryl methyl sites for hydroxylation is 3. The maximum absolute atomic E-state index is 13.4. The lowest BCUT2D eigenvalue weighted by molar-refractivity contribution is 0.0710. The molecule has 1 heterocycles. The lowest BCUT2D eigenvalue weighted by Crippen LogP contribution is -2.50. The number of hydrogen-bond donors (Lipinski definition) is 0. The van der Waals surface area contributed by atoms with Gasteiger partial charge in [0.25, 0.3) is 5.91 Å². The lowest BCUT2D eigenvalue weighted by Gasteiger charge is -2.35. The first-order valence-electron chi connectivity index (χ1n) is 12.6. The molecule has 1 aliphatic rings. The predicted molar refractivity (Wildman–Crippen MR) is 148 cm³/mol. The molecule has 0 bridgehead atoms. The quantitative estimate of drug-likeness (QED) is 0.389. The molecule has 1 aliphatic heterocycles. The van der Waals surface area contributed by atoms with E-state index in [1.54, 1.807) is 45.6 Å². The molecule has 38 heavy (non-hydrogen) atoms. The highest BCUT2D eigenvalue weighted by Crippen LogP contribution is 2.26. The summed E-state index contributed by atoms with van der Waals surface area (Å²) < 4.78 is 41.8. The molecule has 1 fully saturated rings. The largest absolute Gasteiger partial charge is 0.333 e. The Kier molecular flexibility index (Phi) is 8.88. The summed E-state index contributed by atoms with van der Waals surface area (Å²) >= 11 is 6.12. The fraction of sp³-hybridized carbons (Fsp3) is 0.345. The van der Waals surface area contributed by atoms with Gasteiger partial charge in [0.1, 0.15) is 5.82 Å². The van der Waals surface area contributed by atoms with Crippen LogP contribution in [0.15, 0.2) is 65.6 Å². The van der Waals surface area contributed by atoms with Crippen molar-refractivity contribution in [1.29, 1.82) is 0 Å². The monoisotopic (exact) mass is 557 g/mol. The van der Waals surface area contributed by atoms with E-state index in [-0.39, 0.29) is 11.7 Å². The number of carbonyl (C=O) groups is 1. The number of nitrogens with zero attached hydrogens (tertiary/aromatic N) is 3. The molecular formula is C29H33ClFN3O3S. The van der Waals surface area contributed by atoms with E-state index in [2.05, 4.69) is 4.90 Å². The van der Waals surface area contributed by atoms with Crippen molar-refractivity contribution in [2.45, 2.75) is 32.2 Å². The van der Waals surface area contributed by atoms with Crippen molar-refractivity contribution >= 4 is 27.5 Å². The first-order valence-corrected chi connectivity index (χ1v) is 14.5. The van der Waals surface area contributed by atoms with Crippen molar-refractivity contribution in [1.82, 2.24) is 14.1 Å². The number of halogens is 2. The standard InChI is InChI=1S/C29H33ClFN3O3S/c1-21-17-22(2)28(23(3)18-21)38(36,37)34-15-12-32(13-16-34)11-14-33(20-24-7-9-27(31)10-8-24)29(35)25-5-4-6-26(30)19-25/h4-10,17-19H,11-16,20H2,1-3H3. The maximum Gasteiger partial charge on any atom is 0.254 e. The topological polar surface area (TPSA) is 60.9 Å². The summed E-state index contributed by atoms with van der Waals surface area (Å²) in [6.45, 7) is 8.90. The van der Waals surface area contributed by atoms with Crippen LogP contribution in [0.5, 0.6) is 0 Å². The van der Waals surface area contributed by atoms with Crippen molar-refractivity contribution < 1.29 is 17.6 Å². The van der Waals surface area contributed by atoms with Crippen LogP contribution >= 0.6 is 11.6 Å². The van der Waals surface area contributed by atoms with Gasteiger partial charge in [0, 0.05) is 56.4 Å². The third-order valence-corrected chi connectivity index (χ3v) is 9.31. The second-order valence-corrected chi connectivity index (χ2v) is 12.1. The Balaban J connectivity index is 1.43. The van der Waals surface area contributed by atoms with Gasteiger partial charge in [0.05, 0.1) is 4.90 Å². The molecule has 0 radical (unpaired) electrons. The number of benzene rings is 3. The summed E-state index contributed by atoms with van der Waals surface area (Å²) in [7, 11) is -3.59. The molecule has 1 saturated heterocycles. The minimum absolute atomic E-state index is 0.164. The van der Waals surface area contributed by atoms with Crippen LogP contribution in [-0.2, 0) is 16.6 Å². The van der Waals surface area contributed by atoms with Crippen molar-refractivity contribution in [2.75, 3.05) is 39.3 Å². The van der Waals surface area contributed by atoms with E-state index in [9.17, 15) is 17.6 Å².